The van der Waals surface area contributed by atoms with Gasteiger partial charge in [-0.2, -0.15) is 0 Å². The van der Waals surface area contributed by atoms with Gasteiger partial charge in [-0.05, 0) is 0 Å². The summed E-state index contributed by atoms with van der Waals surface area (Å²) >= 11 is -5.14. The molecule has 0 amide bonds. The Bertz CT molecular complexity index is 1750. The molecule has 0 saturated carbocycles. The SMILES string of the molecule is [CH2]=[Hf]([CH3])([CH3])([CH2]C)([CH2]C)([CH]1C=Cc2c(-c3ccccc3C)cccc21)[CH]1C=Cc2c(-c3ccccc3C)cccc21. The maximum absolute atomic E-state index is 5.70. The molecule has 2 aliphatic carbocycles. The van der Waals surface area contributed by atoms with Crippen molar-refractivity contribution in [3.05, 3.63) is 130 Å². The summed E-state index contributed by atoms with van der Waals surface area (Å²) in [5.41, 5.74) is 13.7. The van der Waals surface area contributed by atoms with E-state index in [1.807, 2.05) is 0 Å². The molecule has 0 aromatic heterocycles. The fraction of sp³-hybridized carbons (Fsp3) is 0.256. The van der Waals surface area contributed by atoms with Gasteiger partial charge in [0.15, 0.2) is 0 Å². The van der Waals surface area contributed by atoms with Crippen LogP contribution in [0.4, 0.5) is 0 Å². The zero-order valence-electron chi connectivity index (χ0n) is 25.2. The molecule has 1 heteroatoms. The number of benzene rings is 4. The molecular formula is C39H44Hf. The van der Waals surface area contributed by atoms with E-state index in [1.54, 1.807) is 0 Å². The minimum absolute atomic E-state index is 0.320. The molecule has 2 aliphatic rings. The molecule has 0 nitrogen and oxygen atoms in total. The fourth-order valence-corrected chi connectivity index (χ4v) is 37.6. The van der Waals surface area contributed by atoms with Gasteiger partial charge < -0.3 is 0 Å². The van der Waals surface area contributed by atoms with E-state index >= 15 is 0 Å². The Hall–Kier alpha value is -2.90. The van der Waals surface area contributed by atoms with Crippen molar-refractivity contribution in [2.75, 3.05) is 0 Å². The number of fused-ring (bicyclic) bond motifs is 2. The number of hydrogen-bond donors (Lipinski definition) is 0. The standard InChI is InChI=1S/2C16H13.2C2H5.2CH3.CH2.Hf/c2*1-12-6-2-3-9-14(12)16-11-5-8-13-7-4-10-15(13)16;2*1-2;;;;/h2*2-11H,1H3;2*1H2,2H3;2*1H3;1H2;. The van der Waals surface area contributed by atoms with Gasteiger partial charge in [0.25, 0.3) is 0 Å². The van der Waals surface area contributed by atoms with Gasteiger partial charge >= 0.3 is 237 Å². The molecule has 6 rings (SSSR count). The summed E-state index contributed by atoms with van der Waals surface area (Å²) in [4.78, 5) is 0. The van der Waals surface area contributed by atoms with Crippen LogP contribution in [0.15, 0.2) is 97.1 Å². The first-order valence-corrected chi connectivity index (χ1v) is 34.1. The van der Waals surface area contributed by atoms with Crippen molar-refractivity contribution in [1.29, 1.82) is 0 Å². The van der Waals surface area contributed by atoms with E-state index in [0.717, 1.165) is 8.35 Å². The van der Waals surface area contributed by atoms with E-state index in [9.17, 15) is 0 Å². The van der Waals surface area contributed by atoms with Crippen LogP contribution in [0.2, 0.25) is 17.7 Å². The molecule has 0 heterocycles. The van der Waals surface area contributed by atoms with Crippen molar-refractivity contribution >= 4 is 16.4 Å². The van der Waals surface area contributed by atoms with Gasteiger partial charge in [0, 0.05) is 0 Å². The molecule has 4 aromatic carbocycles. The summed E-state index contributed by atoms with van der Waals surface area (Å²) in [7, 11) is 0. The zero-order valence-corrected chi connectivity index (χ0v) is 28.8. The van der Waals surface area contributed by atoms with Gasteiger partial charge in [-0.25, -0.2) is 0 Å². The molecule has 0 bridgehead atoms. The average molecular weight is 691 g/mol. The number of aryl methyl sites for hydroxylation is 2. The van der Waals surface area contributed by atoms with E-state index < -0.39 is 15.1 Å². The van der Waals surface area contributed by atoms with Crippen LogP contribution >= 0.6 is 0 Å². The van der Waals surface area contributed by atoms with Gasteiger partial charge in [0.2, 0.25) is 0 Å². The Balaban J connectivity index is 1.60. The number of allylic oxidation sites excluding steroid dienone is 2. The predicted molar refractivity (Wildman–Crippen MR) is 177 cm³/mol. The van der Waals surface area contributed by atoms with Crippen LogP contribution in [0.3, 0.4) is 0 Å². The van der Waals surface area contributed by atoms with Gasteiger partial charge in [-0.3, -0.25) is 0 Å². The van der Waals surface area contributed by atoms with Crippen LogP contribution in [0.1, 0.15) is 54.6 Å². The van der Waals surface area contributed by atoms with Crippen molar-refractivity contribution in [3.8, 4) is 22.3 Å². The predicted octanol–water partition coefficient (Wildman–Crippen LogP) is 11.6. The summed E-state index contributed by atoms with van der Waals surface area (Å²) in [5.74, 6) is 0. The summed E-state index contributed by atoms with van der Waals surface area (Å²) in [6, 6.07) is 31.6. The summed E-state index contributed by atoms with van der Waals surface area (Å²) in [5, 5.41) is 0. The molecule has 0 aliphatic heterocycles. The Morgan fingerprint density at radius 1 is 0.550 bits per heavy atom. The third kappa shape index (κ3) is 3.43. The van der Waals surface area contributed by atoms with Gasteiger partial charge in [0.1, 0.15) is 0 Å². The van der Waals surface area contributed by atoms with Gasteiger partial charge in [-0.15, -0.1) is 0 Å². The first-order valence-electron chi connectivity index (χ1n) is 15.2. The topological polar surface area (TPSA) is 0 Å². The molecule has 4 aromatic rings. The Morgan fingerprint density at radius 3 is 1.30 bits per heavy atom. The molecular weight excluding hydrogens is 647 g/mol. The van der Waals surface area contributed by atoms with Crippen molar-refractivity contribution in [2.24, 2.45) is 0 Å². The molecule has 0 spiro atoms. The van der Waals surface area contributed by atoms with E-state index in [4.69, 9.17) is 4.26 Å². The minimum atomic E-state index is -5.14. The third-order valence-electron chi connectivity index (χ3n) is 12.9. The second-order valence-corrected chi connectivity index (χ2v) is 67.6. The fourth-order valence-electron chi connectivity index (χ4n) is 8.58. The van der Waals surface area contributed by atoms with Gasteiger partial charge in [-0.1, -0.05) is 0 Å². The van der Waals surface area contributed by atoms with Gasteiger partial charge in [0.05, 0.1) is 0 Å². The van der Waals surface area contributed by atoms with Crippen LogP contribution in [0, 0.1) is 13.8 Å². The number of rotatable bonds is 6. The summed E-state index contributed by atoms with van der Waals surface area (Å²) in [6.07, 6.45) is 9.99. The normalized spacial score (nSPS) is 20.3. The second kappa shape index (κ2) is 8.10. The van der Waals surface area contributed by atoms with Crippen LogP contribution in [0.5, 0.6) is 0 Å². The van der Waals surface area contributed by atoms with Crippen molar-refractivity contribution in [2.45, 2.75) is 52.8 Å². The molecule has 0 saturated heterocycles. The maximum atomic E-state index is 5.70. The molecule has 204 valence electrons. The average Bonchev–Trinajstić information content (AvgIpc) is 3.61. The van der Waals surface area contributed by atoms with Crippen LogP contribution in [-0.2, 0) is 15.1 Å². The van der Waals surface area contributed by atoms with E-state index in [-0.39, 0.29) is 0 Å². The van der Waals surface area contributed by atoms with Crippen molar-refractivity contribution in [3.63, 3.8) is 0 Å². The van der Waals surface area contributed by atoms with Crippen LogP contribution < -0.4 is 0 Å². The van der Waals surface area contributed by atoms with Crippen molar-refractivity contribution < 1.29 is 15.1 Å². The summed E-state index contributed by atoms with van der Waals surface area (Å²) < 4.78 is 14.0. The second-order valence-electron chi connectivity index (χ2n) is 15.5. The van der Waals surface area contributed by atoms with E-state index in [1.165, 1.54) is 55.6 Å². The quantitative estimate of drug-likeness (QED) is 0.177. The van der Waals surface area contributed by atoms with Crippen LogP contribution in [0.25, 0.3) is 34.4 Å². The molecule has 0 fully saturated rings. The molecule has 40 heavy (non-hydrogen) atoms. The monoisotopic (exact) mass is 692 g/mol. The Labute approximate surface area is 235 Å². The number of hydrogen-bond acceptors (Lipinski definition) is 0. The zero-order chi connectivity index (χ0) is 28.4. The Kier molecular flexibility index (Phi) is 5.52. The van der Waals surface area contributed by atoms with E-state index in [2.05, 4.69) is 146 Å². The molecule has 2 atom stereocenters. The van der Waals surface area contributed by atoms with Crippen LogP contribution in [-0.4, -0.2) is 4.26 Å². The first-order chi connectivity index (χ1) is 18.9. The molecule has 0 N–H and O–H groups in total. The third-order valence-corrected chi connectivity index (χ3v) is 60.7. The summed E-state index contributed by atoms with van der Waals surface area (Å²) in [6.45, 7) is 9.36. The molecule has 0 radical (unpaired) electrons. The van der Waals surface area contributed by atoms with Crippen molar-refractivity contribution in [1.82, 2.24) is 0 Å². The first kappa shape index (κ1) is 27.3. The molecule has 2 unspecified atom stereocenters. The van der Waals surface area contributed by atoms with E-state index in [0.29, 0.717) is 7.35 Å². The Morgan fingerprint density at radius 2 is 0.925 bits per heavy atom.